The van der Waals surface area contributed by atoms with E-state index in [-0.39, 0.29) is 30.5 Å². The molecule has 1 saturated carbocycles. The van der Waals surface area contributed by atoms with Crippen molar-refractivity contribution < 1.29 is 23.4 Å². The number of rotatable bonds is 6. The Kier molecular flexibility index (Phi) is 7.88. The normalized spacial score (nSPS) is 17.7. The van der Waals surface area contributed by atoms with Crippen LogP contribution in [0.3, 0.4) is 0 Å². The van der Waals surface area contributed by atoms with Crippen LogP contribution in [0, 0.1) is 23.7 Å². The highest BCUT2D eigenvalue weighted by Gasteiger charge is 2.56. The maximum atomic E-state index is 13.3. The summed E-state index contributed by atoms with van der Waals surface area (Å²) in [6.45, 7) is 4.84. The highest BCUT2D eigenvalue weighted by Crippen LogP contribution is 2.57. The van der Waals surface area contributed by atoms with Crippen molar-refractivity contribution in [3.8, 4) is 11.8 Å². The Morgan fingerprint density at radius 2 is 2.00 bits per heavy atom. The lowest BCUT2D eigenvalue weighted by atomic mass is 9.61. The van der Waals surface area contributed by atoms with E-state index in [0.29, 0.717) is 5.82 Å². The van der Waals surface area contributed by atoms with Crippen molar-refractivity contribution in [1.29, 1.82) is 5.26 Å². The molecule has 3 aromatic rings. The fraction of sp³-hybridized carbons (Fsp3) is 0.464. The minimum atomic E-state index is -2.42. The van der Waals surface area contributed by atoms with Crippen molar-refractivity contribution >= 4 is 22.7 Å². The second-order valence-corrected chi connectivity index (χ2v) is 10.3. The molecule has 0 atom stereocenters. The lowest BCUT2D eigenvalue weighted by Gasteiger charge is -2.51. The quantitative estimate of drug-likeness (QED) is 0.424. The van der Waals surface area contributed by atoms with E-state index < -0.39 is 11.9 Å². The number of alkyl halides is 2. The zero-order chi connectivity index (χ0) is 27.5. The molecule has 8 nitrogen and oxygen atoms in total. The molecule has 5 rings (SSSR count). The molecule has 38 heavy (non-hydrogen) atoms. The van der Waals surface area contributed by atoms with Crippen LogP contribution in [0.25, 0.3) is 10.9 Å². The molecule has 1 aliphatic heterocycles. The molecule has 0 amide bonds. The summed E-state index contributed by atoms with van der Waals surface area (Å²) >= 11 is 0. The van der Waals surface area contributed by atoms with Gasteiger partial charge in [-0.3, -0.25) is 4.90 Å². The Morgan fingerprint density at radius 1 is 1.29 bits per heavy atom. The highest BCUT2D eigenvalue weighted by molar-refractivity contribution is 5.88. The first-order valence-corrected chi connectivity index (χ1v) is 12.6. The van der Waals surface area contributed by atoms with Crippen LogP contribution in [0.5, 0.6) is 5.75 Å². The van der Waals surface area contributed by atoms with Crippen molar-refractivity contribution in [1.82, 2.24) is 14.9 Å². The van der Waals surface area contributed by atoms with Crippen LogP contribution in [0.15, 0.2) is 36.5 Å². The Morgan fingerprint density at radius 3 is 2.61 bits per heavy atom. The van der Waals surface area contributed by atoms with Gasteiger partial charge in [0.1, 0.15) is 18.1 Å². The molecule has 10 heteroatoms. The van der Waals surface area contributed by atoms with Gasteiger partial charge in [-0.25, -0.2) is 18.6 Å². The number of nitriles is 1. The number of hydrogen-bond acceptors (Lipinski definition) is 6. The summed E-state index contributed by atoms with van der Waals surface area (Å²) in [7, 11) is 3.38. The monoisotopic (exact) mass is 525 g/mol. The van der Waals surface area contributed by atoms with Gasteiger partial charge >= 0.3 is 5.97 Å². The first kappa shape index (κ1) is 27.3. The van der Waals surface area contributed by atoms with Gasteiger partial charge in [0.15, 0.2) is 5.69 Å². The number of nitrogens with one attached hydrogen (secondary N) is 1. The maximum Gasteiger partial charge on any atom is 0.354 e. The number of carbonyl (C=O) groups is 1. The number of methoxy groups -OCH3 is 1. The number of fused-ring (bicyclic) bond motifs is 1. The number of anilines is 1. The zero-order valence-corrected chi connectivity index (χ0v) is 21.9. The van der Waals surface area contributed by atoms with Crippen molar-refractivity contribution in [3.63, 3.8) is 0 Å². The number of aromatic nitrogens is 2. The van der Waals surface area contributed by atoms with E-state index in [1.165, 1.54) is 22.6 Å². The molecule has 2 N–H and O–H groups in total. The van der Waals surface area contributed by atoms with Crippen molar-refractivity contribution in [2.75, 3.05) is 38.7 Å². The van der Waals surface area contributed by atoms with E-state index in [1.807, 2.05) is 12.3 Å². The third-order valence-corrected chi connectivity index (χ3v) is 7.55. The number of carboxylic acids is 1. The zero-order valence-electron chi connectivity index (χ0n) is 21.9. The van der Waals surface area contributed by atoms with Crippen LogP contribution < -0.4 is 9.64 Å². The van der Waals surface area contributed by atoms with Gasteiger partial charge in [-0.15, -0.1) is 0 Å². The van der Waals surface area contributed by atoms with Gasteiger partial charge in [0.25, 0.3) is 0 Å². The van der Waals surface area contributed by atoms with Crippen molar-refractivity contribution in [3.05, 3.63) is 53.3 Å². The molecule has 202 valence electrons. The van der Waals surface area contributed by atoms with Crippen LogP contribution in [-0.4, -0.2) is 65.7 Å². The van der Waals surface area contributed by atoms with Gasteiger partial charge in [0.2, 0.25) is 5.92 Å². The number of pyridine rings is 1. The van der Waals surface area contributed by atoms with Gasteiger partial charge in [-0.1, -0.05) is 6.07 Å². The van der Waals surface area contributed by atoms with E-state index in [9.17, 15) is 13.6 Å². The van der Waals surface area contributed by atoms with Crippen LogP contribution in [0.4, 0.5) is 14.6 Å². The summed E-state index contributed by atoms with van der Waals surface area (Å²) in [5, 5.41) is 18.3. The third-order valence-electron chi connectivity index (χ3n) is 7.55. The molecule has 1 aromatic carbocycles. The average molecular weight is 526 g/mol. The number of halogens is 2. The lowest BCUT2D eigenvalue weighted by Crippen LogP contribution is -2.52. The number of nitrogens with zero attached hydrogens (tertiary/aromatic N) is 4. The molecule has 0 bridgehead atoms. The highest BCUT2D eigenvalue weighted by atomic mass is 19.3. The smallest absolute Gasteiger partial charge is 0.354 e. The number of likely N-dealkylation sites (tertiary alicyclic amines) is 1. The molecule has 0 radical (unpaired) electrons. The van der Waals surface area contributed by atoms with Gasteiger partial charge in [0.05, 0.1) is 13.2 Å². The third kappa shape index (κ3) is 5.89. The number of aryl methyl sites for hydroxylation is 1. The van der Waals surface area contributed by atoms with E-state index in [0.717, 1.165) is 43.7 Å². The van der Waals surface area contributed by atoms with E-state index >= 15 is 0 Å². The van der Waals surface area contributed by atoms with E-state index in [2.05, 4.69) is 33.9 Å². The number of carboxylic acid groups (broad SMARTS) is 1. The molecular weight excluding hydrogens is 492 g/mol. The van der Waals surface area contributed by atoms with E-state index in [4.69, 9.17) is 15.1 Å². The number of hydrogen-bond donors (Lipinski definition) is 2. The maximum absolute atomic E-state index is 13.3. The predicted octanol–water partition coefficient (Wildman–Crippen LogP) is 5.24. The summed E-state index contributed by atoms with van der Waals surface area (Å²) in [5.41, 5.74) is 3.39. The summed E-state index contributed by atoms with van der Waals surface area (Å²) in [6.07, 6.45) is 3.90. The average Bonchev–Trinajstić information content (AvgIpc) is 3.37. The number of aromatic amines is 1. The lowest BCUT2D eigenvalue weighted by molar-refractivity contribution is -0.178. The molecule has 1 saturated heterocycles. The minimum absolute atomic E-state index is 0.0210. The first-order valence-electron chi connectivity index (χ1n) is 12.6. The number of ether oxygens (including phenoxy) is 1. The molecule has 1 spiro atoms. The number of aromatic carboxylic acids is 1. The second kappa shape index (κ2) is 11.0. The van der Waals surface area contributed by atoms with Gasteiger partial charge in [0, 0.05) is 49.1 Å². The summed E-state index contributed by atoms with van der Waals surface area (Å²) in [4.78, 5) is 21.7. The van der Waals surface area contributed by atoms with Crippen molar-refractivity contribution in [2.24, 2.45) is 5.41 Å². The Balaban J connectivity index is 0.000000206. The van der Waals surface area contributed by atoms with Gasteiger partial charge in [-0.2, -0.15) is 5.26 Å². The Labute approximate surface area is 220 Å². The molecule has 1 aliphatic carbocycles. The minimum Gasteiger partial charge on any atom is -0.496 e. The van der Waals surface area contributed by atoms with Crippen LogP contribution in [-0.2, 0) is 6.54 Å². The molecule has 2 fully saturated rings. The number of H-pyrrole nitrogens is 1. The first-order chi connectivity index (χ1) is 18.1. The SMILES string of the molecule is CN(CC#N)c1cccc(C(=O)O)n1.COc1cc(C)c2[nH]ccc2c1CN1CCC2(CC1)CC(F)(F)C2. The molecule has 3 heterocycles. The van der Waals surface area contributed by atoms with Gasteiger partial charge < -0.3 is 19.7 Å². The fourth-order valence-corrected chi connectivity index (χ4v) is 5.53. The van der Waals surface area contributed by atoms with E-state index in [1.54, 1.807) is 31.2 Å². The molecule has 2 aliphatic rings. The summed E-state index contributed by atoms with van der Waals surface area (Å²) in [5.74, 6) is -2.10. The standard InChI is InChI=1S/C19H24F2N2O.C9H9N3O2/c1-13-9-16(24-2)15(14-3-6-22-17(13)14)10-23-7-4-18(5-8-23)11-19(20,21)12-18;1-12(6-5-10)8-4-2-3-7(11-8)9(13)14/h3,6,9,22H,4-5,7-8,10-12H2,1-2H3;2-4H,6H2,1H3,(H,13,14). The predicted molar refractivity (Wildman–Crippen MR) is 141 cm³/mol. The fourth-order valence-electron chi connectivity index (χ4n) is 5.53. The Bertz CT molecular complexity index is 1330. The van der Waals surface area contributed by atoms with Gasteiger partial charge in [-0.05, 0) is 68.1 Å². The summed E-state index contributed by atoms with van der Waals surface area (Å²) in [6, 6.07) is 10.8. The molecular formula is C28H33F2N5O3. The van der Waals surface area contributed by atoms with Crippen LogP contribution in [0.2, 0.25) is 0 Å². The summed E-state index contributed by atoms with van der Waals surface area (Å²) < 4.78 is 32.1. The second-order valence-electron chi connectivity index (χ2n) is 10.3. The van der Waals surface area contributed by atoms with Crippen LogP contribution >= 0.6 is 0 Å². The number of benzene rings is 1. The Hall–Kier alpha value is -3.71. The molecule has 2 aromatic heterocycles. The van der Waals surface area contributed by atoms with Crippen molar-refractivity contribution in [2.45, 2.75) is 45.1 Å². The topological polar surface area (TPSA) is 105 Å². The molecule has 0 unspecified atom stereocenters. The van der Waals surface area contributed by atoms with Crippen LogP contribution in [0.1, 0.15) is 47.3 Å². The number of piperidine rings is 1. The largest absolute Gasteiger partial charge is 0.496 e.